The molecule has 1 aromatic heterocycles. The summed E-state index contributed by atoms with van der Waals surface area (Å²) < 4.78 is 12.4. The molecule has 2 saturated heterocycles. The third-order valence-corrected chi connectivity index (χ3v) is 7.66. The minimum absolute atomic E-state index is 0.0122. The molecule has 0 radical (unpaired) electrons. The van der Waals surface area contributed by atoms with E-state index in [4.69, 9.17) is 9.47 Å². The van der Waals surface area contributed by atoms with E-state index in [-0.39, 0.29) is 48.6 Å². The number of nitrogens with zero attached hydrogens (tertiary/aromatic N) is 3. The smallest absolute Gasteiger partial charge is 0.324 e. The summed E-state index contributed by atoms with van der Waals surface area (Å²) in [5, 5.41) is 2.73. The van der Waals surface area contributed by atoms with Gasteiger partial charge < -0.3 is 24.3 Å². The summed E-state index contributed by atoms with van der Waals surface area (Å²) in [6.07, 6.45) is 1.89. The number of pyridine rings is 1. The second-order valence-electron chi connectivity index (χ2n) is 9.97. The number of nitrogens with one attached hydrogen (secondary N) is 1. The number of amides is 4. The number of hydrogen-bond donors (Lipinski definition) is 1. The number of carbonyl (C=O) groups excluding carboxylic acids is 3. The molecular weight excluding hydrogens is 476 g/mol. The fourth-order valence-corrected chi connectivity index (χ4v) is 5.79. The number of aromatic nitrogens is 1. The van der Waals surface area contributed by atoms with E-state index in [9.17, 15) is 19.2 Å². The van der Waals surface area contributed by atoms with Gasteiger partial charge in [0, 0.05) is 50.3 Å². The second-order valence-corrected chi connectivity index (χ2v) is 9.97. The number of carbonyl (C=O) groups is 3. The van der Waals surface area contributed by atoms with Crippen LogP contribution in [0.15, 0.2) is 41.2 Å². The average molecular weight is 509 g/mol. The molecule has 3 aliphatic rings. The summed E-state index contributed by atoms with van der Waals surface area (Å²) in [4.78, 5) is 53.8. The molecule has 1 N–H and O–H groups in total. The molecule has 3 atom stereocenters. The zero-order chi connectivity index (χ0) is 26.1. The molecule has 2 bridgehead atoms. The van der Waals surface area contributed by atoms with Gasteiger partial charge in [-0.2, -0.15) is 0 Å². The van der Waals surface area contributed by atoms with E-state index >= 15 is 0 Å². The fraction of sp³-hybridized carbons (Fsp3) is 0.481. The van der Waals surface area contributed by atoms with Crippen LogP contribution in [-0.2, 0) is 22.6 Å². The highest BCUT2D eigenvalue weighted by Gasteiger charge is 2.39. The van der Waals surface area contributed by atoms with Crippen molar-refractivity contribution in [2.24, 2.45) is 5.92 Å². The number of likely N-dealkylation sites (tertiary alicyclic amines) is 1. The molecule has 0 unspecified atom stereocenters. The van der Waals surface area contributed by atoms with Gasteiger partial charge in [-0.15, -0.1) is 0 Å². The lowest BCUT2D eigenvalue weighted by atomic mass is 9.83. The Kier molecular flexibility index (Phi) is 6.90. The summed E-state index contributed by atoms with van der Waals surface area (Å²) in [6.45, 7) is 2.04. The maximum Gasteiger partial charge on any atom is 0.324 e. The van der Waals surface area contributed by atoms with Crippen LogP contribution >= 0.6 is 0 Å². The molecule has 0 saturated carbocycles. The summed E-state index contributed by atoms with van der Waals surface area (Å²) in [5.74, 6) is 1.27. The lowest BCUT2D eigenvalue weighted by molar-refractivity contribution is -0.134. The van der Waals surface area contributed by atoms with Gasteiger partial charge in [0.1, 0.15) is 6.04 Å². The first-order valence-electron chi connectivity index (χ1n) is 12.7. The number of hydrogen-bond acceptors (Lipinski definition) is 6. The van der Waals surface area contributed by atoms with Gasteiger partial charge in [0.25, 0.3) is 11.5 Å². The maximum atomic E-state index is 13.1. The SMILES string of the molecule is COc1ccc(CCN2C(=O)N[C@@H](CCC(=O)N3C[C@@H]4C[C@H](C3)c3cccc(=O)n3C4)C2=O)cc1OC. The van der Waals surface area contributed by atoms with Crippen LogP contribution in [-0.4, -0.2) is 72.1 Å². The third-order valence-electron chi connectivity index (χ3n) is 7.66. The number of rotatable bonds is 8. The molecule has 4 heterocycles. The predicted octanol–water partition coefficient (Wildman–Crippen LogP) is 1.75. The van der Waals surface area contributed by atoms with Gasteiger partial charge >= 0.3 is 6.03 Å². The Bertz CT molecular complexity index is 1270. The highest BCUT2D eigenvalue weighted by Crippen LogP contribution is 2.35. The normalized spacial score (nSPS) is 22.5. The molecule has 10 nitrogen and oxygen atoms in total. The topological polar surface area (TPSA) is 110 Å². The Labute approximate surface area is 215 Å². The highest BCUT2D eigenvalue weighted by molar-refractivity contribution is 6.04. The molecule has 37 heavy (non-hydrogen) atoms. The van der Waals surface area contributed by atoms with Crippen molar-refractivity contribution in [3.63, 3.8) is 0 Å². The second kappa shape index (κ2) is 10.3. The van der Waals surface area contributed by atoms with Crippen molar-refractivity contribution in [1.82, 2.24) is 19.7 Å². The van der Waals surface area contributed by atoms with Crippen molar-refractivity contribution < 1.29 is 23.9 Å². The van der Waals surface area contributed by atoms with E-state index in [0.29, 0.717) is 37.6 Å². The molecule has 196 valence electrons. The van der Waals surface area contributed by atoms with Crippen molar-refractivity contribution in [2.75, 3.05) is 33.9 Å². The van der Waals surface area contributed by atoms with Crippen LogP contribution in [0.4, 0.5) is 4.79 Å². The molecule has 3 aliphatic heterocycles. The van der Waals surface area contributed by atoms with Gasteiger partial charge in [-0.1, -0.05) is 12.1 Å². The van der Waals surface area contributed by atoms with Gasteiger partial charge in [0.15, 0.2) is 11.5 Å². The van der Waals surface area contributed by atoms with E-state index in [0.717, 1.165) is 17.7 Å². The number of urea groups is 1. The van der Waals surface area contributed by atoms with Gasteiger partial charge in [0.05, 0.1) is 14.2 Å². The van der Waals surface area contributed by atoms with Crippen molar-refractivity contribution in [3.8, 4) is 11.5 Å². The van der Waals surface area contributed by atoms with Crippen LogP contribution in [0.2, 0.25) is 0 Å². The Balaban J connectivity index is 1.15. The van der Waals surface area contributed by atoms with Gasteiger partial charge in [-0.25, -0.2) is 4.79 Å². The summed E-state index contributed by atoms with van der Waals surface area (Å²) in [7, 11) is 3.12. The minimum Gasteiger partial charge on any atom is -0.493 e. The number of ether oxygens (including phenoxy) is 2. The molecule has 5 rings (SSSR count). The van der Waals surface area contributed by atoms with Crippen molar-refractivity contribution >= 4 is 17.8 Å². The average Bonchev–Trinajstić information content (AvgIpc) is 3.18. The number of imide groups is 1. The van der Waals surface area contributed by atoms with E-state index in [1.807, 2.05) is 27.7 Å². The molecule has 2 aromatic rings. The van der Waals surface area contributed by atoms with Gasteiger partial charge in [0.2, 0.25) is 5.91 Å². The number of fused-ring (bicyclic) bond motifs is 4. The summed E-state index contributed by atoms with van der Waals surface area (Å²) in [6, 6.07) is 9.69. The summed E-state index contributed by atoms with van der Waals surface area (Å²) in [5.41, 5.74) is 1.92. The Hall–Kier alpha value is -3.82. The van der Waals surface area contributed by atoms with Crippen molar-refractivity contribution in [3.05, 3.63) is 58.0 Å². The van der Waals surface area contributed by atoms with E-state index < -0.39 is 12.1 Å². The predicted molar refractivity (Wildman–Crippen MR) is 135 cm³/mol. The van der Waals surface area contributed by atoms with E-state index in [1.54, 1.807) is 32.4 Å². The summed E-state index contributed by atoms with van der Waals surface area (Å²) >= 11 is 0. The molecule has 2 fully saturated rings. The van der Waals surface area contributed by atoms with Crippen LogP contribution in [0, 0.1) is 5.92 Å². The standard InChI is InChI=1S/C27H32N4O6/c1-36-22-8-6-17(13-23(22)37-2)10-11-30-26(34)20(28-27(30)35)7-9-24(32)29-14-18-12-19(16-29)21-4-3-5-25(33)31(21)15-18/h3-6,8,13,18-20H,7,9-12,14-16H2,1-2H3,(H,28,35)/t18-,19+,20-/m0/s1. The Morgan fingerprint density at radius 2 is 1.84 bits per heavy atom. The largest absolute Gasteiger partial charge is 0.493 e. The van der Waals surface area contributed by atoms with Crippen LogP contribution in [0.25, 0.3) is 0 Å². The van der Waals surface area contributed by atoms with Crippen LogP contribution in [0.1, 0.15) is 36.4 Å². The lowest BCUT2D eigenvalue weighted by Crippen LogP contribution is -2.49. The van der Waals surface area contributed by atoms with E-state index in [2.05, 4.69) is 5.32 Å². The van der Waals surface area contributed by atoms with Crippen LogP contribution < -0.4 is 20.3 Å². The zero-order valence-electron chi connectivity index (χ0n) is 21.1. The first-order chi connectivity index (χ1) is 17.9. The van der Waals surface area contributed by atoms with E-state index in [1.165, 1.54) is 4.90 Å². The van der Waals surface area contributed by atoms with Crippen molar-refractivity contribution in [2.45, 2.75) is 44.2 Å². The fourth-order valence-electron chi connectivity index (χ4n) is 5.79. The van der Waals surface area contributed by atoms with Crippen LogP contribution in [0.3, 0.4) is 0 Å². The molecule has 4 amide bonds. The molecule has 0 spiro atoms. The number of benzene rings is 1. The Morgan fingerprint density at radius 3 is 2.62 bits per heavy atom. The monoisotopic (exact) mass is 508 g/mol. The first kappa shape index (κ1) is 24.9. The highest BCUT2D eigenvalue weighted by atomic mass is 16.5. The quantitative estimate of drug-likeness (QED) is 0.544. The van der Waals surface area contributed by atoms with Gasteiger partial charge in [-0.05, 0) is 48.9 Å². The zero-order valence-corrected chi connectivity index (χ0v) is 21.1. The van der Waals surface area contributed by atoms with Gasteiger partial charge in [-0.3, -0.25) is 19.3 Å². The first-order valence-corrected chi connectivity index (χ1v) is 12.7. The molecular formula is C27H32N4O6. The number of piperidine rings is 1. The third kappa shape index (κ3) is 4.92. The lowest BCUT2D eigenvalue weighted by Gasteiger charge is -2.42. The number of methoxy groups -OCH3 is 2. The minimum atomic E-state index is -0.703. The molecule has 1 aromatic carbocycles. The Morgan fingerprint density at radius 1 is 1.03 bits per heavy atom. The van der Waals surface area contributed by atoms with Crippen LogP contribution in [0.5, 0.6) is 11.5 Å². The molecule has 0 aliphatic carbocycles. The maximum absolute atomic E-state index is 13.1. The molecule has 10 heteroatoms. The van der Waals surface area contributed by atoms with Crippen molar-refractivity contribution in [1.29, 1.82) is 0 Å².